The zero-order valence-electron chi connectivity index (χ0n) is 15.5. The molecule has 2 aromatic rings. The Morgan fingerprint density at radius 3 is 2.59 bits per heavy atom. The lowest BCUT2D eigenvalue weighted by molar-refractivity contribution is 0.100. The molecule has 9 heteroatoms. The summed E-state index contributed by atoms with van der Waals surface area (Å²) < 4.78 is 33.1. The van der Waals surface area contributed by atoms with Gasteiger partial charge in [-0.05, 0) is 41.7 Å². The highest BCUT2D eigenvalue weighted by Gasteiger charge is 2.23. The van der Waals surface area contributed by atoms with Gasteiger partial charge in [-0.25, -0.2) is 13.4 Å². The molecule has 1 heterocycles. The van der Waals surface area contributed by atoms with Gasteiger partial charge in [0.15, 0.2) is 0 Å². The molecule has 0 atom stereocenters. The van der Waals surface area contributed by atoms with Crippen LogP contribution in [0, 0.1) is 4.91 Å². The Labute approximate surface area is 158 Å². The first-order valence-corrected chi connectivity index (χ1v) is 9.68. The molecule has 0 aliphatic rings. The molecule has 1 aromatic carbocycles. The van der Waals surface area contributed by atoms with Crippen LogP contribution >= 0.6 is 0 Å². The van der Waals surface area contributed by atoms with Crippen molar-refractivity contribution >= 4 is 21.6 Å². The van der Waals surface area contributed by atoms with E-state index in [-0.39, 0.29) is 27.4 Å². The number of pyridine rings is 1. The number of carbonyl (C=O) groups excluding carboxylic acids is 1. The van der Waals surface area contributed by atoms with Gasteiger partial charge in [0, 0.05) is 16.9 Å². The summed E-state index contributed by atoms with van der Waals surface area (Å²) in [5.74, 6) is -0.922. The van der Waals surface area contributed by atoms with Crippen LogP contribution < -0.4 is 9.46 Å². The summed E-state index contributed by atoms with van der Waals surface area (Å²) in [5, 5.41) is 2.31. The number of methoxy groups -OCH3 is 1. The van der Waals surface area contributed by atoms with Crippen LogP contribution in [0.4, 0.5) is 5.69 Å². The first kappa shape index (κ1) is 20.5. The Bertz CT molecular complexity index is 971. The second kappa shape index (κ2) is 7.83. The average molecular weight is 391 g/mol. The van der Waals surface area contributed by atoms with Crippen molar-refractivity contribution in [2.24, 2.45) is 5.18 Å². The Kier molecular flexibility index (Phi) is 5.94. The second-order valence-corrected chi connectivity index (χ2v) is 8.23. The third-order valence-electron chi connectivity index (χ3n) is 4.43. The van der Waals surface area contributed by atoms with E-state index in [1.807, 2.05) is 20.8 Å². The van der Waals surface area contributed by atoms with Crippen molar-refractivity contribution in [1.82, 2.24) is 4.98 Å². The van der Waals surface area contributed by atoms with Crippen molar-refractivity contribution < 1.29 is 17.9 Å². The van der Waals surface area contributed by atoms with Crippen LogP contribution in [0.2, 0.25) is 0 Å². The fourth-order valence-corrected chi connectivity index (χ4v) is 3.41. The molecule has 0 unspecified atom stereocenters. The van der Waals surface area contributed by atoms with Crippen LogP contribution in [0.15, 0.2) is 46.6 Å². The smallest absolute Gasteiger partial charge is 0.316 e. The van der Waals surface area contributed by atoms with Gasteiger partial charge < -0.3 is 4.74 Å². The molecular weight excluding hydrogens is 370 g/mol. The molecule has 0 bridgehead atoms. The maximum atomic E-state index is 12.7. The monoisotopic (exact) mass is 391 g/mol. The predicted octanol–water partition coefficient (Wildman–Crippen LogP) is 3.49. The van der Waals surface area contributed by atoms with E-state index in [0.717, 1.165) is 18.1 Å². The molecule has 27 heavy (non-hydrogen) atoms. The number of amides is 1. The molecular formula is C18H21N3O5S. The Morgan fingerprint density at radius 2 is 2.00 bits per heavy atom. The minimum Gasteiger partial charge on any atom is -0.480 e. The second-order valence-electron chi connectivity index (χ2n) is 6.55. The molecule has 144 valence electrons. The summed E-state index contributed by atoms with van der Waals surface area (Å²) in [6, 6.07) is 6.75. The molecule has 1 amide bonds. The lowest BCUT2D eigenvalue weighted by Gasteiger charge is -2.24. The number of anilines is 1. The Balaban J connectivity index is 2.47. The highest BCUT2D eigenvalue weighted by Crippen LogP contribution is 2.32. The molecule has 0 aliphatic carbocycles. The number of sulfonamides is 1. The minimum atomic E-state index is -4.05. The highest BCUT2D eigenvalue weighted by atomic mass is 32.2. The first-order valence-electron chi connectivity index (χ1n) is 8.19. The van der Waals surface area contributed by atoms with E-state index in [1.165, 1.54) is 25.3 Å². The molecule has 0 spiro atoms. The minimum absolute atomic E-state index is 0.112. The molecule has 1 N–H and O–H groups in total. The summed E-state index contributed by atoms with van der Waals surface area (Å²) in [5.41, 5.74) is 0.708. The lowest BCUT2D eigenvalue weighted by Crippen LogP contribution is -2.18. The van der Waals surface area contributed by atoms with Gasteiger partial charge in [0.2, 0.25) is 5.88 Å². The van der Waals surface area contributed by atoms with Crippen molar-refractivity contribution in [3.63, 3.8) is 0 Å². The van der Waals surface area contributed by atoms with Crippen LogP contribution in [-0.2, 0) is 15.4 Å². The van der Waals surface area contributed by atoms with Crippen LogP contribution in [-0.4, -0.2) is 26.4 Å². The van der Waals surface area contributed by atoms with Crippen LogP contribution in [0.5, 0.6) is 5.88 Å². The largest absolute Gasteiger partial charge is 0.480 e. The Hall–Kier alpha value is -2.81. The fourth-order valence-electron chi connectivity index (χ4n) is 2.31. The first-order chi connectivity index (χ1) is 12.6. The third-order valence-corrected chi connectivity index (χ3v) is 5.79. The normalized spacial score (nSPS) is 11.7. The standard InChI is InChI=1S/C18H21N3O5S/c1-5-18(2,3)13-10-15(17(26-4)19-11-13)21-27(24,25)14-8-6-7-12(9-14)16(22)20-23/h6-11,21H,5H2,1-4H3. The van der Waals surface area contributed by atoms with Crippen LogP contribution in [0.25, 0.3) is 0 Å². The number of nitrogens with zero attached hydrogens (tertiary/aromatic N) is 2. The summed E-state index contributed by atoms with van der Waals surface area (Å²) >= 11 is 0. The van der Waals surface area contributed by atoms with Crippen molar-refractivity contribution in [1.29, 1.82) is 0 Å². The van der Waals surface area contributed by atoms with Gasteiger partial charge in [-0.3, -0.25) is 9.52 Å². The van der Waals surface area contributed by atoms with Crippen molar-refractivity contribution in [2.45, 2.75) is 37.5 Å². The van der Waals surface area contributed by atoms with E-state index in [0.29, 0.717) is 0 Å². The average Bonchev–Trinajstić information content (AvgIpc) is 2.67. The van der Waals surface area contributed by atoms with E-state index in [9.17, 15) is 18.1 Å². The quantitative estimate of drug-likeness (QED) is 0.723. The number of aromatic nitrogens is 1. The summed E-state index contributed by atoms with van der Waals surface area (Å²) in [6.07, 6.45) is 2.48. The maximum absolute atomic E-state index is 12.7. The number of ether oxygens (including phenoxy) is 1. The highest BCUT2D eigenvalue weighted by molar-refractivity contribution is 7.92. The van der Waals surface area contributed by atoms with Gasteiger partial charge in [-0.1, -0.05) is 26.8 Å². The predicted molar refractivity (Wildman–Crippen MR) is 101 cm³/mol. The number of hydrogen-bond donors (Lipinski definition) is 1. The lowest BCUT2D eigenvalue weighted by atomic mass is 9.83. The topological polar surface area (TPSA) is 115 Å². The number of nitroso groups, excluding NO2 is 1. The summed E-state index contributed by atoms with van der Waals surface area (Å²) in [6.45, 7) is 6.07. The van der Waals surface area contributed by atoms with Gasteiger partial charge >= 0.3 is 5.91 Å². The van der Waals surface area contributed by atoms with Gasteiger partial charge in [-0.15, -0.1) is 4.91 Å². The number of rotatable bonds is 7. The van der Waals surface area contributed by atoms with Gasteiger partial charge in [-0.2, -0.15) is 0 Å². The number of hydrogen-bond acceptors (Lipinski definition) is 6. The molecule has 0 saturated heterocycles. The summed E-state index contributed by atoms with van der Waals surface area (Å²) in [7, 11) is -2.66. The number of benzene rings is 1. The molecule has 0 radical (unpaired) electrons. The third kappa shape index (κ3) is 4.48. The molecule has 0 aliphatic heterocycles. The maximum Gasteiger partial charge on any atom is 0.316 e. The van der Waals surface area contributed by atoms with Crippen molar-refractivity contribution in [3.05, 3.63) is 52.6 Å². The van der Waals surface area contributed by atoms with E-state index in [4.69, 9.17) is 4.74 Å². The van der Waals surface area contributed by atoms with Gasteiger partial charge in [0.05, 0.1) is 12.0 Å². The van der Waals surface area contributed by atoms with E-state index in [2.05, 4.69) is 14.9 Å². The molecule has 0 saturated carbocycles. The van der Waals surface area contributed by atoms with Gasteiger partial charge in [0.25, 0.3) is 10.0 Å². The van der Waals surface area contributed by atoms with E-state index >= 15 is 0 Å². The van der Waals surface area contributed by atoms with E-state index < -0.39 is 15.9 Å². The SMILES string of the molecule is CCC(C)(C)c1cnc(OC)c(NS(=O)(=O)c2cccc(C(=O)N=O)c2)c1. The summed E-state index contributed by atoms with van der Waals surface area (Å²) in [4.78, 5) is 25.8. The fraction of sp³-hybridized carbons (Fsp3) is 0.333. The zero-order valence-corrected chi connectivity index (χ0v) is 16.3. The van der Waals surface area contributed by atoms with Gasteiger partial charge in [0.1, 0.15) is 5.69 Å². The van der Waals surface area contributed by atoms with E-state index in [1.54, 1.807) is 12.3 Å². The van der Waals surface area contributed by atoms with Crippen molar-refractivity contribution in [2.75, 3.05) is 11.8 Å². The van der Waals surface area contributed by atoms with Crippen LogP contribution in [0.1, 0.15) is 43.1 Å². The molecule has 1 aromatic heterocycles. The van der Waals surface area contributed by atoms with Crippen molar-refractivity contribution in [3.8, 4) is 5.88 Å². The Morgan fingerprint density at radius 1 is 1.30 bits per heavy atom. The zero-order chi connectivity index (χ0) is 20.2. The molecule has 0 fully saturated rings. The molecule has 2 rings (SSSR count). The number of nitrogens with one attached hydrogen (secondary N) is 1. The number of carbonyl (C=O) groups is 1. The molecule has 8 nitrogen and oxygen atoms in total. The van der Waals surface area contributed by atoms with Crippen LogP contribution in [0.3, 0.4) is 0 Å².